The first kappa shape index (κ1) is 19.9. The maximum atomic E-state index is 12.6. The third kappa shape index (κ3) is 4.61. The molecule has 0 saturated carbocycles. The van der Waals surface area contributed by atoms with Gasteiger partial charge in [-0.05, 0) is 62.9 Å². The highest BCUT2D eigenvalue weighted by atomic mass is 16.2. The molecule has 2 aliphatic rings. The first-order valence-electron chi connectivity index (χ1n) is 11.0. The van der Waals surface area contributed by atoms with Crippen LogP contribution in [0.2, 0.25) is 0 Å². The normalized spacial score (nSPS) is 18.3. The van der Waals surface area contributed by atoms with Crippen molar-refractivity contribution in [2.45, 2.75) is 39.2 Å². The van der Waals surface area contributed by atoms with Gasteiger partial charge in [-0.2, -0.15) is 0 Å². The van der Waals surface area contributed by atoms with E-state index in [1.165, 1.54) is 6.42 Å². The van der Waals surface area contributed by atoms with Gasteiger partial charge in [0.2, 0.25) is 0 Å². The second kappa shape index (κ2) is 8.95. The number of piperidine rings is 1. The molecule has 1 aromatic carbocycles. The largest absolute Gasteiger partial charge is 0.354 e. The Labute approximate surface area is 174 Å². The van der Waals surface area contributed by atoms with Crippen LogP contribution in [-0.4, -0.2) is 66.0 Å². The highest BCUT2D eigenvalue weighted by Gasteiger charge is 2.20. The van der Waals surface area contributed by atoms with Crippen LogP contribution in [0.4, 0.5) is 5.82 Å². The Balaban J connectivity index is 1.39. The zero-order valence-electron chi connectivity index (χ0n) is 17.7. The Bertz CT molecular complexity index is 802. The summed E-state index contributed by atoms with van der Waals surface area (Å²) in [4.78, 5) is 24.2. The Morgan fingerprint density at radius 2 is 1.48 bits per heavy atom. The molecule has 2 fully saturated rings. The molecule has 0 aliphatic carbocycles. The van der Waals surface area contributed by atoms with E-state index < -0.39 is 0 Å². The van der Waals surface area contributed by atoms with Crippen molar-refractivity contribution in [1.82, 2.24) is 14.8 Å². The van der Waals surface area contributed by atoms with Gasteiger partial charge in [-0.1, -0.05) is 12.1 Å². The smallest absolute Gasteiger partial charge is 0.253 e. The number of rotatable bonds is 4. The molecule has 0 bridgehead atoms. The molecule has 0 radical (unpaired) electrons. The third-order valence-corrected chi connectivity index (χ3v) is 6.22. The molecule has 0 unspecified atom stereocenters. The Morgan fingerprint density at radius 1 is 0.828 bits per heavy atom. The fraction of sp³-hybridized carbons (Fsp3) is 0.500. The molecule has 0 spiro atoms. The highest BCUT2D eigenvalue weighted by molar-refractivity contribution is 5.94. The zero-order chi connectivity index (χ0) is 20.2. The lowest BCUT2D eigenvalue weighted by Crippen LogP contribution is -2.49. The Kier molecular flexibility index (Phi) is 6.14. The fourth-order valence-electron chi connectivity index (χ4n) is 4.30. The average Bonchev–Trinajstić information content (AvgIpc) is 2.79. The lowest BCUT2D eigenvalue weighted by atomic mass is 10.0. The van der Waals surface area contributed by atoms with Crippen LogP contribution in [0.25, 0.3) is 11.1 Å². The third-order valence-electron chi connectivity index (χ3n) is 6.22. The summed E-state index contributed by atoms with van der Waals surface area (Å²) in [5, 5.41) is 0. The second-order valence-corrected chi connectivity index (χ2v) is 8.45. The lowest BCUT2D eigenvalue weighted by molar-refractivity contribution is 0.0724. The SMILES string of the molecule is CC(C)N1CCN(c2ccc(-c3ccc(C(=O)N4CCCCC4)cc3)cn2)CC1. The maximum Gasteiger partial charge on any atom is 0.253 e. The molecule has 154 valence electrons. The molecule has 2 aromatic rings. The number of hydrogen-bond acceptors (Lipinski definition) is 4. The minimum absolute atomic E-state index is 0.158. The minimum atomic E-state index is 0.158. The van der Waals surface area contributed by atoms with E-state index in [9.17, 15) is 4.79 Å². The van der Waals surface area contributed by atoms with Gasteiger partial charge in [0.1, 0.15) is 5.82 Å². The van der Waals surface area contributed by atoms with Gasteiger partial charge in [0.05, 0.1) is 0 Å². The monoisotopic (exact) mass is 392 g/mol. The molecule has 2 saturated heterocycles. The first-order chi connectivity index (χ1) is 14.1. The summed E-state index contributed by atoms with van der Waals surface area (Å²) >= 11 is 0. The number of benzene rings is 1. The number of pyridine rings is 1. The van der Waals surface area contributed by atoms with E-state index in [0.717, 1.165) is 74.6 Å². The van der Waals surface area contributed by atoms with Crippen molar-refractivity contribution >= 4 is 11.7 Å². The van der Waals surface area contributed by atoms with E-state index >= 15 is 0 Å². The number of piperazine rings is 1. The molecule has 2 aliphatic heterocycles. The van der Waals surface area contributed by atoms with Crippen LogP contribution < -0.4 is 4.90 Å². The quantitative estimate of drug-likeness (QED) is 0.791. The number of carbonyl (C=O) groups excluding carboxylic acids is 1. The summed E-state index contributed by atoms with van der Waals surface area (Å²) in [5.41, 5.74) is 2.97. The topological polar surface area (TPSA) is 39.7 Å². The van der Waals surface area contributed by atoms with E-state index in [1.807, 2.05) is 35.4 Å². The van der Waals surface area contributed by atoms with Crippen molar-refractivity contribution in [3.63, 3.8) is 0 Å². The van der Waals surface area contributed by atoms with Gasteiger partial charge in [0.15, 0.2) is 0 Å². The Morgan fingerprint density at radius 3 is 2.07 bits per heavy atom. The number of anilines is 1. The molecule has 3 heterocycles. The van der Waals surface area contributed by atoms with Gasteiger partial charge in [-0.25, -0.2) is 4.98 Å². The van der Waals surface area contributed by atoms with Crippen LogP contribution in [0, 0.1) is 0 Å². The van der Waals surface area contributed by atoms with Crippen LogP contribution in [0.1, 0.15) is 43.5 Å². The van der Waals surface area contributed by atoms with Gasteiger partial charge in [0, 0.05) is 62.6 Å². The van der Waals surface area contributed by atoms with Crippen LogP contribution in [-0.2, 0) is 0 Å². The average molecular weight is 393 g/mol. The molecule has 5 nitrogen and oxygen atoms in total. The second-order valence-electron chi connectivity index (χ2n) is 8.45. The molecule has 29 heavy (non-hydrogen) atoms. The van der Waals surface area contributed by atoms with E-state index in [-0.39, 0.29) is 5.91 Å². The summed E-state index contributed by atoms with van der Waals surface area (Å²) < 4.78 is 0. The van der Waals surface area contributed by atoms with E-state index in [4.69, 9.17) is 4.98 Å². The van der Waals surface area contributed by atoms with Gasteiger partial charge in [0.25, 0.3) is 5.91 Å². The molecule has 1 amide bonds. The van der Waals surface area contributed by atoms with Crippen molar-refractivity contribution in [2.75, 3.05) is 44.2 Å². The van der Waals surface area contributed by atoms with Gasteiger partial charge >= 0.3 is 0 Å². The summed E-state index contributed by atoms with van der Waals surface area (Å²) in [6.45, 7) is 10.5. The molecule has 0 atom stereocenters. The number of likely N-dealkylation sites (tertiary alicyclic amines) is 1. The van der Waals surface area contributed by atoms with Gasteiger partial charge < -0.3 is 9.80 Å². The molecular formula is C24H32N4O. The molecule has 1 aromatic heterocycles. The number of nitrogens with zero attached hydrogens (tertiary/aromatic N) is 4. The molecule has 5 heteroatoms. The summed E-state index contributed by atoms with van der Waals surface area (Å²) in [6.07, 6.45) is 5.42. The first-order valence-corrected chi connectivity index (χ1v) is 11.0. The van der Waals surface area contributed by atoms with Crippen molar-refractivity contribution in [1.29, 1.82) is 0 Å². The lowest BCUT2D eigenvalue weighted by Gasteiger charge is -2.37. The molecule has 0 N–H and O–H groups in total. The number of carbonyl (C=O) groups is 1. The standard InChI is InChI=1S/C24H32N4O/c1-19(2)26-14-16-27(17-15-26)23-11-10-22(18-25-23)20-6-8-21(9-7-20)24(29)28-12-4-3-5-13-28/h6-11,18-19H,3-5,12-17H2,1-2H3. The van der Waals surface area contributed by atoms with Crippen molar-refractivity contribution in [3.05, 3.63) is 48.2 Å². The zero-order valence-corrected chi connectivity index (χ0v) is 17.7. The van der Waals surface area contributed by atoms with Crippen LogP contribution in [0.15, 0.2) is 42.6 Å². The number of amides is 1. The maximum absolute atomic E-state index is 12.6. The van der Waals surface area contributed by atoms with Crippen molar-refractivity contribution in [3.8, 4) is 11.1 Å². The highest BCUT2D eigenvalue weighted by Crippen LogP contribution is 2.23. The van der Waals surface area contributed by atoms with Crippen LogP contribution >= 0.6 is 0 Å². The van der Waals surface area contributed by atoms with E-state index in [2.05, 4.69) is 35.8 Å². The van der Waals surface area contributed by atoms with Gasteiger partial charge in [-0.3, -0.25) is 9.69 Å². The Hall–Kier alpha value is -2.40. The van der Waals surface area contributed by atoms with E-state index in [1.54, 1.807) is 0 Å². The van der Waals surface area contributed by atoms with Crippen LogP contribution in [0.5, 0.6) is 0 Å². The van der Waals surface area contributed by atoms with Gasteiger partial charge in [-0.15, -0.1) is 0 Å². The number of hydrogen-bond donors (Lipinski definition) is 0. The fourth-order valence-corrected chi connectivity index (χ4v) is 4.30. The van der Waals surface area contributed by atoms with Crippen LogP contribution in [0.3, 0.4) is 0 Å². The molecule has 4 rings (SSSR count). The summed E-state index contributed by atoms with van der Waals surface area (Å²) in [7, 11) is 0. The summed E-state index contributed by atoms with van der Waals surface area (Å²) in [5.74, 6) is 1.21. The minimum Gasteiger partial charge on any atom is -0.354 e. The predicted molar refractivity (Wildman–Crippen MR) is 118 cm³/mol. The van der Waals surface area contributed by atoms with E-state index in [0.29, 0.717) is 6.04 Å². The summed E-state index contributed by atoms with van der Waals surface area (Å²) in [6, 6.07) is 12.8. The number of aromatic nitrogens is 1. The van der Waals surface area contributed by atoms with Crippen molar-refractivity contribution in [2.24, 2.45) is 0 Å². The predicted octanol–water partition coefficient (Wildman–Crippen LogP) is 3.91. The molecular weight excluding hydrogens is 360 g/mol. The van der Waals surface area contributed by atoms with Crippen molar-refractivity contribution < 1.29 is 4.79 Å².